The van der Waals surface area contributed by atoms with Gasteiger partial charge in [0.1, 0.15) is 17.2 Å². The minimum atomic E-state index is -3.79. The van der Waals surface area contributed by atoms with Crippen LogP contribution in [0.1, 0.15) is 6.92 Å². The molecule has 0 atom stereocenters. The van der Waals surface area contributed by atoms with Gasteiger partial charge in [0.15, 0.2) is 34.5 Å². The molecule has 3 aromatic carbocycles. The highest BCUT2D eigenvalue weighted by Gasteiger charge is 2.62. The van der Waals surface area contributed by atoms with Crippen LogP contribution in [0.25, 0.3) is 0 Å². The summed E-state index contributed by atoms with van der Waals surface area (Å²) in [6.07, 6.45) is 0. The molecule has 0 unspecified atom stereocenters. The van der Waals surface area contributed by atoms with Crippen molar-refractivity contribution in [2.45, 2.75) is 6.92 Å². The molecule has 0 amide bonds. The minimum Gasteiger partial charge on any atom is -0.496 e. The summed E-state index contributed by atoms with van der Waals surface area (Å²) in [5.41, 5.74) is 0. The molecule has 0 aromatic heterocycles. The summed E-state index contributed by atoms with van der Waals surface area (Å²) in [7, 11) is 9.72. The number of methoxy groups -OCH3 is 9. The molecule has 0 aliphatic carbocycles. The van der Waals surface area contributed by atoms with Crippen molar-refractivity contribution in [2.75, 3.05) is 64.0 Å². The fraction of sp³-hybridized carbons (Fsp3) is 0.345. The Balaban J connectivity index is 2.82. The number of rotatable bonds is 13. The fourth-order valence-corrected chi connectivity index (χ4v) is 8.69. The monoisotopic (exact) mass is 591 g/mol. The Kier molecular flexibility index (Phi) is 10.2. The van der Waals surface area contributed by atoms with Crippen molar-refractivity contribution >= 4 is 29.4 Å². The molecule has 222 valence electrons. The number of carbonyl (C=O) groups excluding carboxylic acids is 1. The number of benzene rings is 3. The smallest absolute Gasteiger partial charge is 0.348 e. The predicted octanol–water partition coefficient (Wildman–Crippen LogP) is 3.54. The van der Waals surface area contributed by atoms with E-state index in [2.05, 4.69) is 0 Å². The summed E-state index contributed by atoms with van der Waals surface area (Å²) < 4.78 is 58.5. The zero-order valence-corrected chi connectivity index (χ0v) is 25.8. The summed E-state index contributed by atoms with van der Waals surface area (Å²) in [4.78, 5) is 13.2. The van der Waals surface area contributed by atoms with E-state index in [0.29, 0.717) is 67.7 Å². The first-order valence-electron chi connectivity index (χ1n) is 12.2. The molecule has 0 bridgehead atoms. The van der Waals surface area contributed by atoms with Crippen LogP contribution in [-0.4, -0.2) is 70.0 Å². The van der Waals surface area contributed by atoms with Gasteiger partial charge in [-0.3, -0.25) is 4.52 Å². The third-order valence-electron chi connectivity index (χ3n) is 6.28. The molecule has 0 saturated carbocycles. The van der Waals surface area contributed by atoms with Gasteiger partial charge in [-0.15, -0.1) is 0 Å². The molecular formula is C29H36O11P+. The molecule has 0 aliphatic heterocycles. The third-order valence-corrected chi connectivity index (χ3v) is 10.0. The van der Waals surface area contributed by atoms with Crippen molar-refractivity contribution < 1.29 is 52.0 Å². The number of ether oxygens (including phenoxy) is 9. The molecule has 0 aliphatic rings. The zero-order chi connectivity index (χ0) is 30.3. The van der Waals surface area contributed by atoms with E-state index in [1.165, 1.54) is 70.9 Å². The Morgan fingerprint density at radius 2 is 0.659 bits per heavy atom. The van der Waals surface area contributed by atoms with Crippen molar-refractivity contribution in [2.24, 2.45) is 0 Å². The molecule has 0 saturated heterocycles. The van der Waals surface area contributed by atoms with Crippen LogP contribution in [0, 0.1) is 0 Å². The SMILES string of the molecule is COc1cc(OC)c([P+](OC(C)=O)(c2c(OC)cc(OC)cc2OC)c2c(OC)cc(OC)cc2OC)c(OC)c1. The Bertz CT molecular complexity index is 1160. The van der Waals surface area contributed by atoms with Gasteiger partial charge in [0.2, 0.25) is 15.9 Å². The summed E-state index contributed by atoms with van der Waals surface area (Å²) in [6.45, 7) is 1.31. The van der Waals surface area contributed by atoms with Crippen LogP contribution < -0.4 is 58.5 Å². The fourth-order valence-electron chi connectivity index (χ4n) is 4.56. The Labute approximate surface area is 240 Å². The summed E-state index contributed by atoms with van der Waals surface area (Å²) >= 11 is 0. The lowest BCUT2D eigenvalue weighted by Gasteiger charge is -2.30. The standard InChI is InChI=1S/C29H36O11P/c1-17(30)40-41(27-21(34-5)11-18(31-2)12-22(27)35-6,28-23(36-7)13-19(32-3)14-24(28)37-8)29-25(38-9)15-20(33-4)16-26(29)39-10/h11-16H,1-10H3/q+1. The average molecular weight is 592 g/mol. The largest absolute Gasteiger partial charge is 0.496 e. The van der Waals surface area contributed by atoms with E-state index >= 15 is 0 Å². The Morgan fingerprint density at radius 1 is 0.439 bits per heavy atom. The maximum Gasteiger partial charge on any atom is 0.348 e. The Morgan fingerprint density at radius 3 is 0.805 bits per heavy atom. The molecule has 0 fully saturated rings. The minimum absolute atomic E-state index is 0.302. The summed E-state index contributed by atoms with van der Waals surface area (Å²) in [5, 5.41) is 1.13. The van der Waals surface area contributed by atoms with E-state index in [4.69, 9.17) is 47.2 Å². The van der Waals surface area contributed by atoms with E-state index in [-0.39, 0.29) is 0 Å². The maximum atomic E-state index is 13.2. The van der Waals surface area contributed by atoms with Gasteiger partial charge in [-0.1, -0.05) is 0 Å². The first kappa shape index (κ1) is 31.3. The maximum absolute atomic E-state index is 13.2. The van der Waals surface area contributed by atoms with E-state index < -0.39 is 13.5 Å². The molecular weight excluding hydrogens is 555 g/mol. The molecule has 3 rings (SSSR count). The summed E-state index contributed by atoms with van der Waals surface area (Å²) in [5.74, 6) is 2.55. The van der Waals surface area contributed by atoms with Gasteiger partial charge in [0.05, 0.1) is 64.0 Å². The normalized spacial score (nSPS) is 10.8. The third kappa shape index (κ3) is 5.67. The van der Waals surface area contributed by atoms with E-state index in [9.17, 15) is 4.79 Å². The highest BCUT2D eigenvalue weighted by atomic mass is 31.2. The van der Waals surface area contributed by atoms with Crippen molar-refractivity contribution in [3.63, 3.8) is 0 Å². The molecule has 0 heterocycles. The van der Waals surface area contributed by atoms with Gasteiger partial charge in [-0.2, -0.15) is 0 Å². The van der Waals surface area contributed by atoms with Crippen LogP contribution in [0.15, 0.2) is 36.4 Å². The first-order valence-corrected chi connectivity index (χ1v) is 13.9. The quantitative estimate of drug-likeness (QED) is 0.272. The molecule has 12 heteroatoms. The second-order valence-electron chi connectivity index (χ2n) is 8.33. The van der Waals surface area contributed by atoms with Gasteiger partial charge in [-0.05, 0) is 0 Å². The molecule has 11 nitrogen and oxygen atoms in total. The van der Waals surface area contributed by atoms with Gasteiger partial charge < -0.3 is 42.6 Å². The van der Waals surface area contributed by atoms with Crippen molar-refractivity contribution in [3.8, 4) is 51.7 Å². The van der Waals surface area contributed by atoms with Gasteiger partial charge in [-0.25, -0.2) is 4.79 Å². The molecule has 3 aromatic rings. The lowest BCUT2D eigenvalue weighted by molar-refractivity contribution is -0.131. The zero-order valence-electron chi connectivity index (χ0n) is 24.9. The van der Waals surface area contributed by atoms with Crippen LogP contribution in [0.2, 0.25) is 0 Å². The van der Waals surface area contributed by atoms with Crippen molar-refractivity contribution in [1.82, 2.24) is 0 Å². The number of hydrogen-bond donors (Lipinski definition) is 0. The topological polar surface area (TPSA) is 109 Å². The second kappa shape index (κ2) is 13.4. The lowest BCUT2D eigenvalue weighted by Crippen LogP contribution is -2.38. The van der Waals surface area contributed by atoms with Crippen LogP contribution in [0.4, 0.5) is 0 Å². The van der Waals surface area contributed by atoms with Crippen molar-refractivity contribution in [1.29, 1.82) is 0 Å². The lowest BCUT2D eigenvalue weighted by atomic mass is 10.3. The predicted molar refractivity (Wildman–Crippen MR) is 156 cm³/mol. The average Bonchev–Trinajstić information content (AvgIpc) is 3.01. The molecule has 0 spiro atoms. The highest BCUT2D eigenvalue weighted by Crippen LogP contribution is 2.67. The van der Waals surface area contributed by atoms with E-state index in [1.54, 1.807) is 36.4 Å². The molecule has 0 radical (unpaired) electrons. The first-order chi connectivity index (χ1) is 19.7. The van der Waals surface area contributed by atoms with Crippen molar-refractivity contribution in [3.05, 3.63) is 36.4 Å². The van der Waals surface area contributed by atoms with Gasteiger partial charge in [0.25, 0.3) is 0 Å². The molecule has 0 N–H and O–H groups in total. The second-order valence-corrected chi connectivity index (χ2v) is 11.1. The number of hydrogen-bond acceptors (Lipinski definition) is 11. The molecule has 41 heavy (non-hydrogen) atoms. The van der Waals surface area contributed by atoms with Crippen LogP contribution in [0.5, 0.6) is 51.7 Å². The van der Waals surface area contributed by atoms with Gasteiger partial charge >= 0.3 is 13.5 Å². The van der Waals surface area contributed by atoms with Crippen LogP contribution in [-0.2, 0) is 9.32 Å². The Hall–Kier alpha value is -4.24. The van der Waals surface area contributed by atoms with Gasteiger partial charge in [0, 0.05) is 43.3 Å². The van der Waals surface area contributed by atoms with E-state index in [0.717, 1.165) is 0 Å². The highest BCUT2D eigenvalue weighted by molar-refractivity contribution is 7.93. The van der Waals surface area contributed by atoms with Crippen LogP contribution >= 0.6 is 7.49 Å². The number of carbonyl (C=O) groups is 1. The summed E-state index contributed by atoms with van der Waals surface area (Å²) in [6, 6.07) is 10.0. The van der Waals surface area contributed by atoms with Crippen LogP contribution in [0.3, 0.4) is 0 Å². The van der Waals surface area contributed by atoms with E-state index in [1.807, 2.05) is 0 Å².